The van der Waals surface area contributed by atoms with Crippen LogP contribution in [0, 0.1) is 6.92 Å². The molecular formula is C23H21N3O3. The molecule has 2 aliphatic rings. The standard InChI is InChI=1S/C23H21N3O3/c1-15-6-7-20(23(26-15)16-5-4-9-24-14-16)29-19-8-10-25-18-11-17(19)12-21(27-2)22(13-18)28-3/h4-10,12-14H,11H2,1-3H3. The van der Waals surface area contributed by atoms with Crippen molar-refractivity contribution in [2.75, 3.05) is 14.2 Å². The van der Waals surface area contributed by atoms with E-state index in [1.54, 1.807) is 32.8 Å². The number of pyridine rings is 2. The fraction of sp³-hybridized carbons (Fsp3) is 0.174. The number of fused-ring (bicyclic) bond motifs is 2. The molecule has 1 aliphatic carbocycles. The summed E-state index contributed by atoms with van der Waals surface area (Å²) in [5, 5.41) is 0. The lowest BCUT2D eigenvalue weighted by Crippen LogP contribution is -2.02. The second kappa shape index (κ2) is 8.14. The quantitative estimate of drug-likeness (QED) is 0.755. The highest BCUT2D eigenvalue weighted by Gasteiger charge is 2.20. The van der Waals surface area contributed by atoms with E-state index in [2.05, 4.69) is 15.0 Å². The minimum absolute atomic E-state index is 0.601. The van der Waals surface area contributed by atoms with Gasteiger partial charge in [0.05, 0.1) is 14.2 Å². The molecule has 0 saturated heterocycles. The lowest BCUT2D eigenvalue weighted by molar-refractivity contribution is 0.220. The van der Waals surface area contributed by atoms with Crippen LogP contribution in [-0.4, -0.2) is 29.9 Å². The molecule has 0 spiro atoms. The Kier molecular flexibility index (Phi) is 5.24. The fourth-order valence-corrected chi connectivity index (χ4v) is 3.17. The van der Waals surface area contributed by atoms with Crippen molar-refractivity contribution >= 4 is 5.71 Å². The van der Waals surface area contributed by atoms with Crippen LogP contribution < -0.4 is 4.74 Å². The van der Waals surface area contributed by atoms with Crippen molar-refractivity contribution in [2.45, 2.75) is 13.3 Å². The molecule has 2 bridgehead atoms. The van der Waals surface area contributed by atoms with Gasteiger partial charge >= 0.3 is 0 Å². The molecule has 146 valence electrons. The van der Waals surface area contributed by atoms with Gasteiger partial charge in [-0.25, -0.2) is 4.98 Å². The zero-order valence-corrected chi connectivity index (χ0v) is 16.5. The molecule has 4 rings (SSSR count). The lowest BCUT2D eigenvalue weighted by atomic mass is 10.1. The first kappa shape index (κ1) is 18.7. The highest BCUT2D eigenvalue weighted by atomic mass is 16.5. The van der Waals surface area contributed by atoms with Crippen LogP contribution in [0.15, 0.2) is 88.9 Å². The highest BCUT2D eigenvalue weighted by molar-refractivity contribution is 5.99. The SMILES string of the molecule is COC1=CC2=NC=CC(Oc3ccc(C)nc3-c3cccnc3)=C(C=C1OC)C2. The fourth-order valence-electron chi connectivity index (χ4n) is 3.17. The van der Waals surface area contributed by atoms with Crippen molar-refractivity contribution in [3.05, 3.63) is 89.6 Å². The summed E-state index contributed by atoms with van der Waals surface area (Å²) in [5.74, 6) is 2.58. The second-order valence-corrected chi connectivity index (χ2v) is 6.57. The van der Waals surface area contributed by atoms with Crippen molar-refractivity contribution in [3.63, 3.8) is 0 Å². The maximum absolute atomic E-state index is 6.34. The Balaban J connectivity index is 1.78. The summed E-state index contributed by atoms with van der Waals surface area (Å²) in [6.45, 7) is 1.95. The van der Waals surface area contributed by atoms with Gasteiger partial charge in [0, 0.05) is 53.6 Å². The Bertz CT molecular complexity index is 1080. The van der Waals surface area contributed by atoms with E-state index in [1.165, 1.54) is 0 Å². The minimum atomic E-state index is 0.601. The van der Waals surface area contributed by atoms with Gasteiger partial charge in [0.2, 0.25) is 0 Å². The highest BCUT2D eigenvalue weighted by Crippen LogP contribution is 2.32. The topological polar surface area (TPSA) is 65.8 Å². The first-order valence-corrected chi connectivity index (χ1v) is 9.22. The number of aryl methyl sites for hydroxylation is 1. The normalized spacial score (nSPS) is 15.6. The van der Waals surface area contributed by atoms with Crippen LogP contribution in [-0.2, 0) is 9.47 Å². The maximum atomic E-state index is 6.34. The average Bonchev–Trinajstić information content (AvgIpc) is 3.05. The van der Waals surface area contributed by atoms with Crippen LogP contribution in [0.5, 0.6) is 5.75 Å². The van der Waals surface area contributed by atoms with Gasteiger partial charge in [0.15, 0.2) is 17.3 Å². The summed E-state index contributed by atoms with van der Waals surface area (Å²) >= 11 is 0. The molecule has 6 heteroatoms. The Morgan fingerprint density at radius 3 is 2.59 bits per heavy atom. The van der Waals surface area contributed by atoms with Gasteiger partial charge in [-0.15, -0.1) is 0 Å². The first-order chi connectivity index (χ1) is 14.2. The van der Waals surface area contributed by atoms with Crippen LogP contribution in [0.2, 0.25) is 0 Å². The number of aliphatic imine (C=N–C) groups is 1. The molecule has 0 radical (unpaired) electrons. The van der Waals surface area contributed by atoms with Crippen molar-refractivity contribution in [2.24, 2.45) is 4.99 Å². The van der Waals surface area contributed by atoms with E-state index in [4.69, 9.17) is 14.2 Å². The van der Waals surface area contributed by atoms with Gasteiger partial charge in [0.1, 0.15) is 11.5 Å². The van der Waals surface area contributed by atoms with Crippen molar-refractivity contribution < 1.29 is 14.2 Å². The first-order valence-electron chi connectivity index (χ1n) is 9.22. The van der Waals surface area contributed by atoms with Crippen LogP contribution in [0.3, 0.4) is 0 Å². The van der Waals surface area contributed by atoms with Gasteiger partial charge in [-0.2, -0.15) is 0 Å². The molecule has 0 aromatic carbocycles. The van der Waals surface area contributed by atoms with Crippen molar-refractivity contribution in [1.29, 1.82) is 0 Å². The molecule has 0 saturated carbocycles. The van der Waals surface area contributed by atoms with E-state index in [0.29, 0.717) is 29.4 Å². The third-order valence-corrected chi connectivity index (χ3v) is 4.59. The summed E-state index contributed by atoms with van der Waals surface area (Å²) in [4.78, 5) is 13.4. The molecule has 0 unspecified atom stereocenters. The summed E-state index contributed by atoms with van der Waals surface area (Å²) in [6.07, 6.45) is 11.5. The number of ether oxygens (including phenoxy) is 3. The summed E-state index contributed by atoms with van der Waals surface area (Å²) in [5.41, 5.74) is 4.34. The van der Waals surface area contributed by atoms with Gasteiger partial charge in [-0.1, -0.05) is 0 Å². The van der Waals surface area contributed by atoms with E-state index < -0.39 is 0 Å². The summed E-state index contributed by atoms with van der Waals surface area (Å²) in [7, 11) is 3.23. The van der Waals surface area contributed by atoms with E-state index in [-0.39, 0.29) is 0 Å². The predicted octanol–water partition coefficient (Wildman–Crippen LogP) is 4.52. The van der Waals surface area contributed by atoms with Crippen LogP contribution >= 0.6 is 0 Å². The molecular weight excluding hydrogens is 366 g/mol. The van der Waals surface area contributed by atoms with Gasteiger partial charge in [0.25, 0.3) is 0 Å². The van der Waals surface area contributed by atoms with Gasteiger partial charge < -0.3 is 14.2 Å². The van der Waals surface area contributed by atoms with Gasteiger partial charge in [-0.05, 0) is 43.3 Å². The number of methoxy groups -OCH3 is 2. The van der Waals surface area contributed by atoms with Crippen LogP contribution in [0.25, 0.3) is 11.3 Å². The van der Waals surface area contributed by atoms with E-state index >= 15 is 0 Å². The number of allylic oxidation sites excluding steroid dienone is 4. The molecule has 2 aromatic heterocycles. The zero-order valence-electron chi connectivity index (χ0n) is 16.5. The smallest absolute Gasteiger partial charge is 0.162 e. The Morgan fingerprint density at radius 1 is 1.00 bits per heavy atom. The zero-order chi connectivity index (χ0) is 20.2. The Hall–Kier alpha value is -3.67. The maximum Gasteiger partial charge on any atom is 0.162 e. The molecule has 1 aliphatic heterocycles. The average molecular weight is 387 g/mol. The number of rotatable bonds is 5. The second-order valence-electron chi connectivity index (χ2n) is 6.57. The summed E-state index contributed by atoms with van der Waals surface area (Å²) in [6, 6.07) is 7.70. The molecule has 3 heterocycles. The Morgan fingerprint density at radius 2 is 1.83 bits per heavy atom. The molecule has 0 fully saturated rings. The molecule has 2 aromatic rings. The monoisotopic (exact) mass is 387 g/mol. The van der Waals surface area contributed by atoms with Crippen molar-refractivity contribution in [3.8, 4) is 17.0 Å². The third-order valence-electron chi connectivity index (χ3n) is 4.59. The summed E-state index contributed by atoms with van der Waals surface area (Å²) < 4.78 is 17.3. The van der Waals surface area contributed by atoms with E-state index in [1.807, 2.05) is 49.4 Å². The molecule has 6 nitrogen and oxygen atoms in total. The van der Waals surface area contributed by atoms with Crippen LogP contribution in [0.1, 0.15) is 12.1 Å². The van der Waals surface area contributed by atoms with Crippen molar-refractivity contribution in [1.82, 2.24) is 9.97 Å². The molecule has 0 amide bonds. The largest absolute Gasteiger partial charge is 0.493 e. The number of aromatic nitrogens is 2. The lowest BCUT2D eigenvalue weighted by Gasteiger charge is -2.14. The predicted molar refractivity (Wildman–Crippen MR) is 111 cm³/mol. The van der Waals surface area contributed by atoms with E-state index in [9.17, 15) is 0 Å². The Labute approximate surface area is 169 Å². The molecule has 0 atom stereocenters. The van der Waals surface area contributed by atoms with Crippen LogP contribution in [0.4, 0.5) is 0 Å². The minimum Gasteiger partial charge on any atom is -0.493 e. The number of nitrogens with zero attached hydrogens (tertiary/aromatic N) is 3. The number of hydrogen-bond donors (Lipinski definition) is 0. The molecule has 0 N–H and O–H groups in total. The van der Waals surface area contributed by atoms with Gasteiger partial charge in [-0.3, -0.25) is 9.98 Å². The van der Waals surface area contributed by atoms with E-state index in [0.717, 1.165) is 28.2 Å². The third kappa shape index (κ3) is 3.96. The number of hydrogen-bond acceptors (Lipinski definition) is 6. The molecule has 29 heavy (non-hydrogen) atoms.